The third-order valence-corrected chi connectivity index (χ3v) is 3.57. The fourth-order valence-electron chi connectivity index (χ4n) is 2.50. The number of hydrogen-bond donors (Lipinski definition) is 0. The second-order valence-electron chi connectivity index (χ2n) is 4.95. The summed E-state index contributed by atoms with van der Waals surface area (Å²) >= 11 is 0. The fourth-order valence-corrected chi connectivity index (χ4v) is 2.50. The van der Waals surface area contributed by atoms with Crippen molar-refractivity contribution in [3.8, 4) is 0 Å². The molecule has 0 heteroatoms. The highest BCUT2D eigenvalue weighted by atomic mass is 14.1. The van der Waals surface area contributed by atoms with E-state index in [0.29, 0.717) is 0 Å². The quantitative estimate of drug-likeness (QED) is 0.472. The van der Waals surface area contributed by atoms with Gasteiger partial charge in [0.1, 0.15) is 0 Å². The van der Waals surface area contributed by atoms with Crippen LogP contribution in [-0.2, 0) is 0 Å². The molecule has 3 aromatic carbocycles. The third-order valence-electron chi connectivity index (χ3n) is 3.57. The van der Waals surface area contributed by atoms with Gasteiger partial charge in [0, 0.05) is 0 Å². The minimum atomic E-state index is 1.32. The van der Waals surface area contributed by atoms with Crippen LogP contribution in [0.5, 0.6) is 0 Å². The molecule has 0 aromatic heterocycles. The van der Waals surface area contributed by atoms with E-state index < -0.39 is 0 Å². The van der Waals surface area contributed by atoms with Crippen molar-refractivity contribution >= 4 is 21.5 Å². The summed E-state index contributed by atoms with van der Waals surface area (Å²) in [6, 6.07) is 15.7. The first kappa shape index (κ1) is 10.3. The van der Waals surface area contributed by atoms with E-state index in [4.69, 9.17) is 0 Å². The number of rotatable bonds is 0. The van der Waals surface area contributed by atoms with Gasteiger partial charge in [-0.15, -0.1) is 0 Å². The van der Waals surface area contributed by atoms with Gasteiger partial charge in [0.05, 0.1) is 0 Å². The minimum absolute atomic E-state index is 1.32. The first-order valence-electron chi connectivity index (χ1n) is 6.05. The van der Waals surface area contributed by atoms with Crippen LogP contribution in [0.1, 0.15) is 16.7 Å². The predicted octanol–water partition coefficient (Wildman–Crippen LogP) is 4.92. The molecule has 3 aromatic rings. The van der Waals surface area contributed by atoms with Crippen LogP contribution in [0.25, 0.3) is 21.5 Å². The average Bonchev–Trinajstić information content (AvgIpc) is 2.32. The van der Waals surface area contributed by atoms with Gasteiger partial charge in [-0.2, -0.15) is 0 Å². The molecule has 17 heavy (non-hydrogen) atoms. The van der Waals surface area contributed by atoms with E-state index in [1.54, 1.807) is 0 Å². The van der Waals surface area contributed by atoms with E-state index in [2.05, 4.69) is 63.2 Å². The molecular weight excluding hydrogens is 204 g/mol. The van der Waals surface area contributed by atoms with Gasteiger partial charge in [0.2, 0.25) is 0 Å². The Hall–Kier alpha value is -1.82. The second-order valence-corrected chi connectivity index (χ2v) is 4.95. The summed E-state index contributed by atoms with van der Waals surface area (Å²) in [5, 5.41) is 5.42. The van der Waals surface area contributed by atoms with Crippen molar-refractivity contribution in [3.05, 3.63) is 59.2 Å². The summed E-state index contributed by atoms with van der Waals surface area (Å²) in [4.78, 5) is 0. The SMILES string of the molecule is Cc1ccc2cc3c(C)ccc(C)c3cc2c1. The third kappa shape index (κ3) is 1.61. The zero-order valence-electron chi connectivity index (χ0n) is 10.5. The maximum Gasteiger partial charge on any atom is -0.0146 e. The van der Waals surface area contributed by atoms with Gasteiger partial charge in [0.15, 0.2) is 0 Å². The molecule has 0 saturated carbocycles. The summed E-state index contributed by atoms with van der Waals surface area (Å²) in [5.41, 5.74) is 4.03. The molecule has 0 radical (unpaired) electrons. The van der Waals surface area contributed by atoms with Crippen molar-refractivity contribution < 1.29 is 0 Å². The van der Waals surface area contributed by atoms with Gasteiger partial charge in [-0.05, 0) is 65.6 Å². The molecule has 0 aliphatic rings. The van der Waals surface area contributed by atoms with Gasteiger partial charge in [-0.1, -0.05) is 35.9 Å². The Morgan fingerprint density at radius 1 is 0.588 bits per heavy atom. The molecule has 0 aliphatic carbocycles. The first-order chi connectivity index (χ1) is 8.15. The van der Waals surface area contributed by atoms with Crippen molar-refractivity contribution in [2.24, 2.45) is 0 Å². The van der Waals surface area contributed by atoms with Gasteiger partial charge >= 0.3 is 0 Å². The maximum atomic E-state index is 2.32. The van der Waals surface area contributed by atoms with Crippen molar-refractivity contribution in [2.75, 3.05) is 0 Å². The van der Waals surface area contributed by atoms with Gasteiger partial charge in [-0.3, -0.25) is 0 Å². The maximum absolute atomic E-state index is 2.32. The van der Waals surface area contributed by atoms with Crippen LogP contribution in [0.2, 0.25) is 0 Å². The highest BCUT2D eigenvalue weighted by Crippen LogP contribution is 2.28. The van der Waals surface area contributed by atoms with Crippen LogP contribution in [0.3, 0.4) is 0 Å². The van der Waals surface area contributed by atoms with Crippen molar-refractivity contribution in [3.63, 3.8) is 0 Å². The van der Waals surface area contributed by atoms with Gasteiger partial charge in [0.25, 0.3) is 0 Å². The lowest BCUT2D eigenvalue weighted by molar-refractivity contribution is 1.46. The Labute approximate surface area is 102 Å². The van der Waals surface area contributed by atoms with Crippen LogP contribution >= 0.6 is 0 Å². The highest BCUT2D eigenvalue weighted by Gasteiger charge is 2.03. The molecule has 3 rings (SSSR count). The molecule has 0 unspecified atom stereocenters. The van der Waals surface area contributed by atoms with E-state index in [1.165, 1.54) is 38.2 Å². The van der Waals surface area contributed by atoms with Crippen LogP contribution in [0.4, 0.5) is 0 Å². The van der Waals surface area contributed by atoms with E-state index >= 15 is 0 Å². The summed E-state index contributed by atoms with van der Waals surface area (Å²) < 4.78 is 0. The van der Waals surface area contributed by atoms with Gasteiger partial charge < -0.3 is 0 Å². The number of hydrogen-bond acceptors (Lipinski definition) is 0. The summed E-state index contributed by atoms with van der Waals surface area (Å²) in [5.74, 6) is 0. The zero-order chi connectivity index (χ0) is 12.0. The molecule has 0 aliphatic heterocycles. The molecule has 0 spiro atoms. The molecule has 0 N–H and O–H groups in total. The summed E-state index contributed by atoms with van der Waals surface area (Å²) in [6.07, 6.45) is 0. The van der Waals surface area contributed by atoms with E-state index in [-0.39, 0.29) is 0 Å². The lowest BCUT2D eigenvalue weighted by atomic mass is 9.96. The Kier molecular flexibility index (Phi) is 2.19. The lowest BCUT2D eigenvalue weighted by Crippen LogP contribution is -1.84. The van der Waals surface area contributed by atoms with E-state index in [1.807, 2.05) is 0 Å². The second kappa shape index (κ2) is 3.59. The Balaban J connectivity index is 2.52. The Morgan fingerprint density at radius 3 is 1.82 bits per heavy atom. The molecule has 84 valence electrons. The minimum Gasteiger partial charge on any atom is -0.0587 e. The van der Waals surface area contributed by atoms with E-state index in [0.717, 1.165) is 0 Å². The van der Waals surface area contributed by atoms with E-state index in [9.17, 15) is 0 Å². The van der Waals surface area contributed by atoms with Crippen LogP contribution in [0.15, 0.2) is 42.5 Å². The average molecular weight is 220 g/mol. The highest BCUT2D eigenvalue weighted by molar-refractivity contribution is 6.01. The standard InChI is InChI=1S/C17H16/c1-11-4-7-14-9-16-12(2)5-6-13(3)17(16)10-15(14)8-11/h4-10H,1-3H3. The molecule has 0 amide bonds. The number of fused-ring (bicyclic) bond motifs is 2. The molecule has 0 bridgehead atoms. The Bertz CT molecular complexity index is 721. The largest absolute Gasteiger partial charge is 0.0587 e. The van der Waals surface area contributed by atoms with Crippen molar-refractivity contribution in [1.29, 1.82) is 0 Å². The number of benzene rings is 3. The number of aryl methyl sites for hydroxylation is 3. The molecule has 0 fully saturated rings. The normalized spacial score (nSPS) is 11.2. The molecule has 0 heterocycles. The van der Waals surface area contributed by atoms with Crippen LogP contribution in [0, 0.1) is 20.8 Å². The smallest absolute Gasteiger partial charge is 0.0146 e. The van der Waals surface area contributed by atoms with Gasteiger partial charge in [-0.25, -0.2) is 0 Å². The molecule has 0 nitrogen and oxygen atoms in total. The molecular formula is C17H16. The zero-order valence-corrected chi connectivity index (χ0v) is 10.5. The summed E-state index contributed by atoms with van der Waals surface area (Å²) in [6.45, 7) is 6.51. The predicted molar refractivity (Wildman–Crippen MR) is 75.7 cm³/mol. The topological polar surface area (TPSA) is 0 Å². The molecule has 0 atom stereocenters. The monoisotopic (exact) mass is 220 g/mol. The van der Waals surface area contributed by atoms with Crippen molar-refractivity contribution in [2.45, 2.75) is 20.8 Å². The lowest BCUT2D eigenvalue weighted by Gasteiger charge is -2.08. The summed E-state index contributed by atoms with van der Waals surface area (Å²) in [7, 11) is 0. The van der Waals surface area contributed by atoms with Crippen LogP contribution in [-0.4, -0.2) is 0 Å². The molecule has 0 saturated heterocycles. The first-order valence-corrected chi connectivity index (χ1v) is 6.05. The Morgan fingerprint density at radius 2 is 1.18 bits per heavy atom. The van der Waals surface area contributed by atoms with Crippen LogP contribution < -0.4 is 0 Å². The fraction of sp³-hybridized carbons (Fsp3) is 0.176. The van der Waals surface area contributed by atoms with Crippen molar-refractivity contribution in [1.82, 2.24) is 0 Å².